The summed E-state index contributed by atoms with van der Waals surface area (Å²) in [5.74, 6) is -0.0947. The Morgan fingerprint density at radius 3 is 2.30 bits per heavy atom. The molecule has 0 radical (unpaired) electrons. The van der Waals surface area contributed by atoms with E-state index in [4.69, 9.17) is 0 Å². The van der Waals surface area contributed by atoms with Crippen LogP contribution in [-0.4, -0.2) is 28.8 Å². The Kier molecular flexibility index (Phi) is 7.70. The molecule has 2 aromatic rings. The van der Waals surface area contributed by atoms with Gasteiger partial charge in [-0.05, 0) is 68.0 Å². The third-order valence-electron chi connectivity index (χ3n) is 6.06. The lowest BCUT2D eigenvalue weighted by Crippen LogP contribution is -2.50. The van der Waals surface area contributed by atoms with Crippen molar-refractivity contribution < 1.29 is 9.59 Å². The third-order valence-corrected chi connectivity index (χ3v) is 6.59. The van der Waals surface area contributed by atoms with E-state index in [0.717, 1.165) is 41.3 Å². The van der Waals surface area contributed by atoms with Crippen LogP contribution in [0.2, 0.25) is 0 Å². The molecule has 160 valence electrons. The van der Waals surface area contributed by atoms with E-state index >= 15 is 0 Å². The van der Waals surface area contributed by atoms with Crippen molar-refractivity contribution in [2.24, 2.45) is 0 Å². The Hall–Kier alpha value is -2.14. The summed E-state index contributed by atoms with van der Waals surface area (Å²) in [4.78, 5) is 27.9. The van der Waals surface area contributed by atoms with Crippen molar-refractivity contribution >= 4 is 27.7 Å². The molecule has 1 N–H and O–H groups in total. The highest BCUT2D eigenvalue weighted by molar-refractivity contribution is 9.10. The second-order valence-electron chi connectivity index (χ2n) is 8.41. The Balaban J connectivity index is 1.77. The summed E-state index contributed by atoms with van der Waals surface area (Å²) in [7, 11) is 0. The van der Waals surface area contributed by atoms with Gasteiger partial charge in [-0.15, -0.1) is 0 Å². The van der Waals surface area contributed by atoms with Crippen LogP contribution < -0.4 is 5.32 Å². The fourth-order valence-electron chi connectivity index (χ4n) is 3.95. The Morgan fingerprint density at radius 1 is 1.03 bits per heavy atom. The van der Waals surface area contributed by atoms with E-state index in [1.54, 1.807) is 4.90 Å². The first-order chi connectivity index (χ1) is 14.3. The number of hydrogen-bond donors (Lipinski definition) is 1. The molecule has 0 saturated heterocycles. The van der Waals surface area contributed by atoms with Crippen molar-refractivity contribution in [3.05, 3.63) is 69.2 Å². The molecule has 0 aliphatic heterocycles. The minimum atomic E-state index is -0.520. The SMILES string of the molecule is Cc1ccc(CC(=O)N(Cc2ccc(Br)cc2)C(C)C(=O)NC2CCCC2)cc1C. The van der Waals surface area contributed by atoms with Crippen LogP contribution in [0.5, 0.6) is 0 Å². The minimum absolute atomic E-state index is 0.0322. The summed E-state index contributed by atoms with van der Waals surface area (Å²) in [5, 5.41) is 3.15. The van der Waals surface area contributed by atoms with Crippen molar-refractivity contribution in [2.45, 2.75) is 71.5 Å². The standard InChI is InChI=1S/C25H31BrN2O2/c1-17-8-9-21(14-18(17)2)15-24(29)28(16-20-10-12-22(26)13-11-20)19(3)25(30)27-23-6-4-5-7-23/h8-14,19,23H,4-7,15-16H2,1-3H3,(H,27,30). The van der Waals surface area contributed by atoms with E-state index in [-0.39, 0.29) is 17.9 Å². The molecule has 30 heavy (non-hydrogen) atoms. The zero-order valence-electron chi connectivity index (χ0n) is 18.1. The zero-order chi connectivity index (χ0) is 21.7. The molecule has 1 saturated carbocycles. The quantitative estimate of drug-likeness (QED) is 0.612. The summed E-state index contributed by atoms with van der Waals surface area (Å²) in [6.07, 6.45) is 4.67. The number of halogens is 1. The van der Waals surface area contributed by atoms with Crippen LogP contribution in [0, 0.1) is 13.8 Å². The normalized spacial score (nSPS) is 15.1. The molecule has 1 aliphatic carbocycles. The number of benzene rings is 2. The molecular weight excluding hydrogens is 440 g/mol. The maximum atomic E-state index is 13.3. The number of hydrogen-bond acceptors (Lipinski definition) is 2. The van der Waals surface area contributed by atoms with Gasteiger partial charge in [0.1, 0.15) is 6.04 Å². The first kappa shape index (κ1) is 22.5. The van der Waals surface area contributed by atoms with Crippen molar-refractivity contribution in [1.82, 2.24) is 10.2 Å². The number of amides is 2. The average molecular weight is 471 g/mol. The van der Waals surface area contributed by atoms with Gasteiger partial charge >= 0.3 is 0 Å². The molecule has 2 amide bonds. The summed E-state index contributed by atoms with van der Waals surface area (Å²) < 4.78 is 0.992. The van der Waals surface area contributed by atoms with Gasteiger partial charge in [-0.1, -0.05) is 59.1 Å². The van der Waals surface area contributed by atoms with Gasteiger partial charge < -0.3 is 10.2 Å². The molecule has 0 heterocycles. The second kappa shape index (κ2) is 10.3. The lowest BCUT2D eigenvalue weighted by Gasteiger charge is -2.30. The summed E-state index contributed by atoms with van der Waals surface area (Å²) in [6.45, 7) is 6.37. The van der Waals surface area contributed by atoms with Gasteiger partial charge in [0.2, 0.25) is 11.8 Å². The number of nitrogens with one attached hydrogen (secondary N) is 1. The van der Waals surface area contributed by atoms with E-state index in [1.807, 2.05) is 43.3 Å². The van der Waals surface area contributed by atoms with Crippen LogP contribution in [0.3, 0.4) is 0 Å². The lowest BCUT2D eigenvalue weighted by molar-refractivity contribution is -0.140. The van der Waals surface area contributed by atoms with Crippen molar-refractivity contribution in [2.75, 3.05) is 0 Å². The first-order valence-corrected chi connectivity index (χ1v) is 11.5. The topological polar surface area (TPSA) is 49.4 Å². The van der Waals surface area contributed by atoms with Gasteiger partial charge in [0, 0.05) is 17.1 Å². The maximum absolute atomic E-state index is 13.3. The molecule has 3 rings (SSSR count). The van der Waals surface area contributed by atoms with E-state index in [2.05, 4.69) is 41.2 Å². The molecule has 0 bridgehead atoms. The lowest BCUT2D eigenvalue weighted by atomic mass is 10.0. The molecule has 0 aromatic heterocycles. The molecule has 4 nitrogen and oxygen atoms in total. The van der Waals surface area contributed by atoms with Gasteiger partial charge in [-0.3, -0.25) is 9.59 Å². The van der Waals surface area contributed by atoms with E-state index in [1.165, 1.54) is 11.1 Å². The Morgan fingerprint density at radius 2 is 1.67 bits per heavy atom. The van der Waals surface area contributed by atoms with E-state index in [9.17, 15) is 9.59 Å². The number of carbonyl (C=O) groups excluding carboxylic acids is 2. The monoisotopic (exact) mass is 470 g/mol. The molecule has 1 unspecified atom stereocenters. The van der Waals surface area contributed by atoms with Gasteiger partial charge in [-0.25, -0.2) is 0 Å². The van der Waals surface area contributed by atoms with Crippen LogP contribution in [0.15, 0.2) is 46.9 Å². The smallest absolute Gasteiger partial charge is 0.242 e. The van der Waals surface area contributed by atoms with Crippen LogP contribution in [-0.2, 0) is 22.6 Å². The van der Waals surface area contributed by atoms with Crippen LogP contribution >= 0.6 is 15.9 Å². The molecule has 1 atom stereocenters. The molecule has 5 heteroatoms. The fraction of sp³-hybridized carbons (Fsp3) is 0.440. The first-order valence-electron chi connectivity index (χ1n) is 10.7. The van der Waals surface area contributed by atoms with Crippen molar-refractivity contribution in [1.29, 1.82) is 0 Å². The fourth-order valence-corrected chi connectivity index (χ4v) is 4.22. The molecule has 0 spiro atoms. The molecular formula is C25H31BrN2O2. The van der Waals surface area contributed by atoms with Crippen LogP contribution in [0.25, 0.3) is 0 Å². The summed E-state index contributed by atoms with van der Waals surface area (Å²) >= 11 is 3.45. The number of carbonyl (C=O) groups is 2. The summed E-state index contributed by atoms with van der Waals surface area (Å²) in [6, 6.07) is 13.7. The van der Waals surface area contributed by atoms with Crippen molar-refractivity contribution in [3.8, 4) is 0 Å². The number of aryl methyl sites for hydroxylation is 2. The summed E-state index contributed by atoms with van der Waals surface area (Å²) in [5.41, 5.74) is 4.37. The van der Waals surface area contributed by atoms with Crippen LogP contribution in [0.1, 0.15) is 54.9 Å². The Labute approximate surface area is 188 Å². The molecule has 1 fully saturated rings. The second-order valence-corrected chi connectivity index (χ2v) is 9.33. The van der Waals surface area contributed by atoms with Gasteiger partial charge in [0.05, 0.1) is 6.42 Å². The van der Waals surface area contributed by atoms with Gasteiger partial charge in [-0.2, -0.15) is 0 Å². The van der Waals surface area contributed by atoms with Gasteiger partial charge in [0.25, 0.3) is 0 Å². The predicted octanol–water partition coefficient (Wildman–Crippen LogP) is 5.08. The van der Waals surface area contributed by atoms with Crippen molar-refractivity contribution in [3.63, 3.8) is 0 Å². The molecule has 1 aliphatic rings. The third kappa shape index (κ3) is 5.94. The Bertz CT molecular complexity index is 889. The highest BCUT2D eigenvalue weighted by atomic mass is 79.9. The largest absolute Gasteiger partial charge is 0.352 e. The highest BCUT2D eigenvalue weighted by Crippen LogP contribution is 2.20. The van der Waals surface area contributed by atoms with E-state index < -0.39 is 6.04 Å². The maximum Gasteiger partial charge on any atom is 0.242 e. The average Bonchev–Trinajstić information content (AvgIpc) is 3.22. The minimum Gasteiger partial charge on any atom is -0.352 e. The predicted molar refractivity (Wildman–Crippen MR) is 124 cm³/mol. The van der Waals surface area contributed by atoms with Crippen LogP contribution in [0.4, 0.5) is 0 Å². The number of nitrogens with zero attached hydrogens (tertiary/aromatic N) is 1. The highest BCUT2D eigenvalue weighted by Gasteiger charge is 2.28. The molecule has 2 aromatic carbocycles. The number of rotatable bonds is 7. The van der Waals surface area contributed by atoms with E-state index in [0.29, 0.717) is 13.0 Å². The zero-order valence-corrected chi connectivity index (χ0v) is 19.7. The van der Waals surface area contributed by atoms with Gasteiger partial charge in [0.15, 0.2) is 0 Å².